The van der Waals surface area contributed by atoms with Gasteiger partial charge in [-0.1, -0.05) is 32.9 Å². The number of carbonyl (C=O) groups excluding carboxylic acids is 1. The van der Waals surface area contributed by atoms with Crippen LogP contribution in [0.1, 0.15) is 27.2 Å². The maximum Gasteiger partial charge on any atom is 0.226 e. The first-order valence-corrected chi connectivity index (χ1v) is 8.13. The number of amides is 1. The number of aromatic nitrogens is 2. The SMILES string of the molecule is CC(C)(C)CC(=O)Nc1c(-c2cccs2)nc2ccccn12. The number of anilines is 1. The number of nitrogens with zero attached hydrogens (tertiary/aromatic N) is 2. The highest BCUT2D eigenvalue weighted by Gasteiger charge is 2.20. The fourth-order valence-corrected chi connectivity index (χ4v) is 3.07. The number of hydrogen-bond acceptors (Lipinski definition) is 3. The minimum Gasteiger partial charge on any atom is -0.310 e. The summed E-state index contributed by atoms with van der Waals surface area (Å²) < 4.78 is 1.93. The molecule has 0 atom stereocenters. The van der Waals surface area contributed by atoms with Crippen LogP contribution < -0.4 is 5.32 Å². The van der Waals surface area contributed by atoms with E-state index in [1.807, 2.05) is 46.3 Å². The second-order valence-corrected chi connectivity index (χ2v) is 7.45. The second-order valence-electron chi connectivity index (χ2n) is 6.50. The third-order valence-electron chi connectivity index (χ3n) is 3.23. The van der Waals surface area contributed by atoms with Gasteiger partial charge in [-0.05, 0) is 29.0 Å². The third-order valence-corrected chi connectivity index (χ3v) is 4.11. The van der Waals surface area contributed by atoms with E-state index in [4.69, 9.17) is 0 Å². The molecule has 114 valence electrons. The van der Waals surface area contributed by atoms with E-state index in [2.05, 4.69) is 31.1 Å². The third kappa shape index (κ3) is 3.04. The van der Waals surface area contributed by atoms with Crippen LogP contribution in [0.15, 0.2) is 41.9 Å². The van der Waals surface area contributed by atoms with Crippen LogP contribution in [0.3, 0.4) is 0 Å². The predicted molar refractivity (Wildman–Crippen MR) is 91.2 cm³/mol. The van der Waals surface area contributed by atoms with Crippen molar-refractivity contribution in [3.63, 3.8) is 0 Å². The number of fused-ring (bicyclic) bond motifs is 1. The Kier molecular flexibility index (Phi) is 3.74. The van der Waals surface area contributed by atoms with Crippen LogP contribution >= 0.6 is 11.3 Å². The van der Waals surface area contributed by atoms with Gasteiger partial charge in [-0.2, -0.15) is 0 Å². The number of carbonyl (C=O) groups is 1. The maximum atomic E-state index is 12.3. The van der Waals surface area contributed by atoms with Gasteiger partial charge < -0.3 is 5.32 Å². The van der Waals surface area contributed by atoms with Crippen molar-refractivity contribution in [2.45, 2.75) is 27.2 Å². The molecule has 0 radical (unpaired) electrons. The number of nitrogens with one attached hydrogen (secondary N) is 1. The average molecular weight is 313 g/mol. The summed E-state index contributed by atoms with van der Waals surface area (Å²) in [6.45, 7) is 6.17. The molecule has 3 heterocycles. The first kappa shape index (κ1) is 14.8. The molecule has 3 rings (SSSR count). The Labute approximate surface area is 133 Å². The monoisotopic (exact) mass is 313 g/mol. The fraction of sp³-hybridized carbons (Fsp3) is 0.294. The largest absolute Gasteiger partial charge is 0.310 e. The normalized spacial score (nSPS) is 11.8. The summed E-state index contributed by atoms with van der Waals surface area (Å²) in [5.74, 6) is 0.753. The average Bonchev–Trinajstić information content (AvgIpc) is 3.04. The van der Waals surface area contributed by atoms with Gasteiger partial charge in [0.25, 0.3) is 0 Å². The molecule has 0 saturated heterocycles. The quantitative estimate of drug-likeness (QED) is 0.777. The molecule has 0 fully saturated rings. The molecule has 0 aliphatic carbocycles. The Bertz CT molecular complexity index is 797. The molecule has 0 saturated carbocycles. The molecular formula is C17H19N3OS. The summed E-state index contributed by atoms with van der Waals surface area (Å²) in [7, 11) is 0. The van der Waals surface area contributed by atoms with Crippen molar-refractivity contribution in [2.75, 3.05) is 5.32 Å². The topological polar surface area (TPSA) is 46.4 Å². The highest BCUT2D eigenvalue weighted by atomic mass is 32.1. The first-order chi connectivity index (χ1) is 10.4. The van der Waals surface area contributed by atoms with Gasteiger partial charge in [0, 0.05) is 12.6 Å². The zero-order chi connectivity index (χ0) is 15.7. The smallest absolute Gasteiger partial charge is 0.226 e. The van der Waals surface area contributed by atoms with Gasteiger partial charge in [-0.3, -0.25) is 9.20 Å². The van der Waals surface area contributed by atoms with Gasteiger partial charge in [0.2, 0.25) is 5.91 Å². The minimum atomic E-state index is -0.0479. The van der Waals surface area contributed by atoms with Crippen LogP contribution in [0.2, 0.25) is 0 Å². The number of pyridine rings is 1. The van der Waals surface area contributed by atoms with Crippen molar-refractivity contribution in [2.24, 2.45) is 5.41 Å². The van der Waals surface area contributed by atoms with Crippen molar-refractivity contribution in [1.29, 1.82) is 0 Å². The molecule has 0 aliphatic heterocycles. The molecule has 0 aromatic carbocycles. The van der Waals surface area contributed by atoms with Gasteiger partial charge in [-0.25, -0.2) is 4.98 Å². The first-order valence-electron chi connectivity index (χ1n) is 7.25. The summed E-state index contributed by atoms with van der Waals surface area (Å²) in [5, 5.41) is 5.06. The molecular weight excluding hydrogens is 294 g/mol. The predicted octanol–water partition coefficient (Wildman–Crippen LogP) is 4.44. The summed E-state index contributed by atoms with van der Waals surface area (Å²) >= 11 is 1.62. The molecule has 1 amide bonds. The molecule has 0 aliphatic rings. The van der Waals surface area contributed by atoms with Crippen LogP contribution in [-0.4, -0.2) is 15.3 Å². The summed E-state index contributed by atoms with van der Waals surface area (Å²) in [6, 6.07) is 9.83. The van der Waals surface area contributed by atoms with E-state index < -0.39 is 0 Å². The Balaban J connectivity index is 2.03. The number of thiophene rings is 1. The van der Waals surface area contributed by atoms with Crippen molar-refractivity contribution in [3.8, 4) is 10.6 Å². The summed E-state index contributed by atoms with van der Waals surface area (Å²) in [6.07, 6.45) is 2.39. The van der Waals surface area contributed by atoms with Gasteiger partial charge in [0.1, 0.15) is 17.2 Å². The molecule has 3 aromatic rings. The standard InChI is InChI=1S/C17H19N3OS/c1-17(2,3)11-14(21)19-16-15(12-7-6-10-22-12)18-13-8-4-5-9-20(13)16/h4-10H,11H2,1-3H3,(H,19,21). The van der Waals surface area contributed by atoms with E-state index in [0.29, 0.717) is 6.42 Å². The van der Waals surface area contributed by atoms with E-state index in [0.717, 1.165) is 22.0 Å². The maximum absolute atomic E-state index is 12.3. The van der Waals surface area contributed by atoms with E-state index >= 15 is 0 Å². The minimum absolute atomic E-state index is 0.0101. The Morgan fingerprint density at radius 1 is 1.27 bits per heavy atom. The van der Waals surface area contributed by atoms with Gasteiger partial charge >= 0.3 is 0 Å². The second kappa shape index (κ2) is 5.57. The highest BCUT2D eigenvalue weighted by Crippen LogP contribution is 2.32. The van der Waals surface area contributed by atoms with Crippen LogP contribution in [0.25, 0.3) is 16.2 Å². The molecule has 0 spiro atoms. The van der Waals surface area contributed by atoms with Crippen molar-refractivity contribution in [3.05, 3.63) is 41.9 Å². The molecule has 0 bridgehead atoms. The number of rotatable bonds is 3. The molecule has 0 unspecified atom stereocenters. The lowest BCUT2D eigenvalue weighted by Gasteiger charge is -2.17. The van der Waals surface area contributed by atoms with E-state index in [1.54, 1.807) is 11.3 Å². The van der Waals surface area contributed by atoms with Gasteiger partial charge in [0.05, 0.1) is 4.88 Å². The van der Waals surface area contributed by atoms with Gasteiger partial charge in [0.15, 0.2) is 0 Å². The highest BCUT2D eigenvalue weighted by molar-refractivity contribution is 7.13. The van der Waals surface area contributed by atoms with Crippen LogP contribution in [-0.2, 0) is 4.79 Å². The Hall–Kier alpha value is -2.14. The van der Waals surface area contributed by atoms with E-state index in [1.165, 1.54) is 0 Å². The van der Waals surface area contributed by atoms with Crippen molar-refractivity contribution in [1.82, 2.24) is 9.38 Å². The zero-order valence-electron chi connectivity index (χ0n) is 13.0. The lowest BCUT2D eigenvalue weighted by Crippen LogP contribution is -2.20. The van der Waals surface area contributed by atoms with Gasteiger partial charge in [-0.15, -0.1) is 11.3 Å². The lowest BCUT2D eigenvalue weighted by molar-refractivity contribution is -0.117. The lowest BCUT2D eigenvalue weighted by atomic mass is 9.92. The fourth-order valence-electron chi connectivity index (χ4n) is 2.36. The molecule has 5 heteroatoms. The summed E-state index contributed by atoms with van der Waals surface area (Å²) in [5.41, 5.74) is 1.61. The summed E-state index contributed by atoms with van der Waals surface area (Å²) in [4.78, 5) is 18.1. The van der Waals surface area contributed by atoms with Crippen molar-refractivity contribution >= 4 is 28.7 Å². The Morgan fingerprint density at radius 3 is 2.77 bits per heavy atom. The van der Waals surface area contributed by atoms with E-state index in [-0.39, 0.29) is 11.3 Å². The van der Waals surface area contributed by atoms with E-state index in [9.17, 15) is 4.79 Å². The zero-order valence-corrected chi connectivity index (χ0v) is 13.8. The van der Waals surface area contributed by atoms with Crippen molar-refractivity contribution < 1.29 is 4.79 Å². The van der Waals surface area contributed by atoms with Crippen LogP contribution in [0.5, 0.6) is 0 Å². The van der Waals surface area contributed by atoms with Crippen LogP contribution in [0, 0.1) is 5.41 Å². The molecule has 22 heavy (non-hydrogen) atoms. The Morgan fingerprint density at radius 2 is 2.09 bits per heavy atom. The van der Waals surface area contributed by atoms with Crippen LogP contribution in [0.4, 0.5) is 5.82 Å². The number of imidazole rings is 1. The molecule has 1 N–H and O–H groups in total. The molecule has 4 nitrogen and oxygen atoms in total. The number of hydrogen-bond donors (Lipinski definition) is 1. The molecule has 3 aromatic heterocycles.